The van der Waals surface area contributed by atoms with Crippen molar-refractivity contribution in [3.05, 3.63) is 29.8 Å². The Kier molecular flexibility index (Phi) is 2.64. The lowest BCUT2D eigenvalue weighted by Gasteiger charge is -2.34. The molecule has 18 heavy (non-hydrogen) atoms. The monoisotopic (exact) mass is 266 g/mol. The molecule has 2 heterocycles. The van der Waals surface area contributed by atoms with E-state index in [2.05, 4.69) is 4.40 Å². The molecule has 96 valence electrons. The molecule has 1 aromatic carbocycles. The molecule has 0 unspecified atom stereocenters. The third-order valence-electron chi connectivity index (χ3n) is 3.25. The van der Waals surface area contributed by atoms with Gasteiger partial charge in [0.2, 0.25) is 0 Å². The third-order valence-corrected chi connectivity index (χ3v) is 4.58. The van der Waals surface area contributed by atoms with Crippen molar-refractivity contribution in [2.45, 2.75) is 17.9 Å². The number of fused-ring (bicyclic) bond motifs is 1. The molecule has 1 atom stereocenters. The highest BCUT2D eigenvalue weighted by molar-refractivity contribution is 7.90. The van der Waals surface area contributed by atoms with Crippen LogP contribution < -0.4 is 0 Å². The van der Waals surface area contributed by atoms with Crippen LogP contribution in [0.15, 0.2) is 33.6 Å². The van der Waals surface area contributed by atoms with Crippen molar-refractivity contribution in [2.75, 3.05) is 19.8 Å². The highest BCUT2D eigenvalue weighted by atomic mass is 32.2. The summed E-state index contributed by atoms with van der Waals surface area (Å²) >= 11 is 0. The number of hydrogen-bond acceptors (Lipinski definition) is 4. The summed E-state index contributed by atoms with van der Waals surface area (Å²) in [6.07, 6.45) is 0. The van der Waals surface area contributed by atoms with E-state index in [1.54, 1.807) is 18.2 Å². The van der Waals surface area contributed by atoms with E-state index in [0.29, 0.717) is 36.1 Å². The van der Waals surface area contributed by atoms with Crippen molar-refractivity contribution < 1.29 is 13.2 Å². The van der Waals surface area contributed by atoms with Gasteiger partial charge in [-0.25, -0.2) is 0 Å². The number of ether oxygens (including phenoxy) is 1. The van der Waals surface area contributed by atoms with Crippen LogP contribution in [0.1, 0.15) is 12.5 Å². The lowest BCUT2D eigenvalue weighted by atomic mass is 10.1. The van der Waals surface area contributed by atoms with Crippen LogP contribution in [0.5, 0.6) is 0 Å². The topological polar surface area (TPSA) is 59.0 Å². The molecule has 0 radical (unpaired) electrons. The van der Waals surface area contributed by atoms with Gasteiger partial charge in [-0.15, -0.1) is 4.40 Å². The molecule has 0 aromatic heterocycles. The van der Waals surface area contributed by atoms with Crippen LogP contribution in [-0.2, 0) is 14.8 Å². The Balaban J connectivity index is 2.09. The summed E-state index contributed by atoms with van der Waals surface area (Å²) in [5.41, 5.74) is 0.700. The largest absolute Gasteiger partial charge is 0.377 e. The van der Waals surface area contributed by atoms with Gasteiger partial charge in [0.25, 0.3) is 10.0 Å². The first kappa shape index (κ1) is 11.7. The van der Waals surface area contributed by atoms with Crippen molar-refractivity contribution in [3.8, 4) is 0 Å². The van der Waals surface area contributed by atoms with Gasteiger partial charge >= 0.3 is 0 Å². The minimum Gasteiger partial charge on any atom is -0.377 e. The van der Waals surface area contributed by atoms with Crippen molar-refractivity contribution >= 4 is 15.9 Å². The number of rotatable bonds is 0. The van der Waals surface area contributed by atoms with Crippen LogP contribution in [0.2, 0.25) is 0 Å². The molecule has 0 N–H and O–H groups in total. The Morgan fingerprint density at radius 2 is 2.17 bits per heavy atom. The molecular formula is C12H14N2O3S. The highest BCUT2D eigenvalue weighted by Gasteiger charge is 2.34. The Morgan fingerprint density at radius 1 is 1.39 bits per heavy atom. The fourth-order valence-electron chi connectivity index (χ4n) is 2.34. The summed E-state index contributed by atoms with van der Waals surface area (Å²) in [6, 6.07) is 7.10. The molecule has 1 saturated heterocycles. The van der Waals surface area contributed by atoms with Crippen molar-refractivity contribution in [3.63, 3.8) is 0 Å². The zero-order chi connectivity index (χ0) is 12.8. The van der Waals surface area contributed by atoms with E-state index < -0.39 is 10.0 Å². The van der Waals surface area contributed by atoms with Crippen LogP contribution >= 0.6 is 0 Å². The molecule has 0 saturated carbocycles. The molecule has 0 amide bonds. The van der Waals surface area contributed by atoms with Crippen LogP contribution in [0, 0.1) is 0 Å². The Hall–Kier alpha value is -1.40. The van der Waals surface area contributed by atoms with E-state index in [1.807, 2.05) is 17.9 Å². The quantitative estimate of drug-likeness (QED) is 0.698. The van der Waals surface area contributed by atoms with Crippen LogP contribution in [-0.4, -0.2) is 45.0 Å². The maximum atomic E-state index is 12.0. The van der Waals surface area contributed by atoms with Gasteiger partial charge in [-0.05, 0) is 19.1 Å². The van der Waals surface area contributed by atoms with Crippen LogP contribution in [0.25, 0.3) is 0 Å². The predicted octanol–water partition coefficient (Wildman–Crippen LogP) is 0.856. The predicted molar refractivity (Wildman–Crippen MR) is 67.2 cm³/mol. The number of amidine groups is 1. The second-order valence-electron chi connectivity index (χ2n) is 4.50. The summed E-state index contributed by atoms with van der Waals surface area (Å²) < 4.78 is 33.2. The second-order valence-corrected chi connectivity index (χ2v) is 6.08. The smallest absolute Gasteiger partial charge is 0.285 e. The molecule has 2 aliphatic rings. The van der Waals surface area contributed by atoms with Gasteiger partial charge in [0.1, 0.15) is 4.90 Å². The Labute approximate surface area is 106 Å². The second kappa shape index (κ2) is 4.07. The molecule has 1 aromatic rings. The highest BCUT2D eigenvalue weighted by Crippen LogP contribution is 2.28. The average molecular weight is 266 g/mol. The number of sulfonamides is 1. The summed E-state index contributed by atoms with van der Waals surface area (Å²) in [4.78, 5) is 2.31. The maximum Gasteiger partial charge on any atom is 0.285 e. The fourth-order valence-corrected chi connectivity index (χ4v) is 3.55. The zero-order valence-corrected chi connectivity index (χ0v) is 10.9. The van der Waals surface area contributed by atoms with Crippen molar-refractivity contribution in [2.24, 2.45) is 4.40 Å². The van der Waals surface area contributed by atoms with Gasteiger partial charge in [0.15, 0.2) is 5.84 Å². The average Bonchev–Trinajstić information content (AvgIpc) is 2.63. The molecule has 2 aliphatic heterocycles. The molecule has 1 fully saturated rings. The van der Waals surface area contributed by atoms with Gasteiger partial charge in [-0.1, -0.05) is 12.1 Å². The summed E-state index contributed by atoms with van der Waals surface area (Å²) in [7, 11) is -3.52. The molecule has 0 bridgehead atoms. The third kappa shape index (κ3) is 1.72. The minimum absolute atomic E-state index is 0.138. The van der Waals surface area contributed by atoms with Gasteiger partial charge in [0.05, 0.1) is 19.3 Å². The molecule has 3 rings (SSSR count). The summed E-state index contributed by atoms with van der Waals surface area (Å²) in [5, 5.41) is 0. The minimum atomic E-state index is -3.52. The standard InChI is InChI=1S/C12H14N2O3S/c1-9-8-17-7-6-14(9)12-10-4-2-3-5-11(10)18(15,16)13-12/h2-5,9H,6-8H2,1H3/t9-/m1/s1. The number of hydrogen-bond donors (Lipinski definition) is 0. The Bertz CT molecular complexity index is 610. The van der Waals surface area contributed by atoms with E-state index >= 15 is 0 Å². The molecule has 0 spiro atoms. The zero-order valence-electron chi connectivity index (χ0n) is 10.0. The van der Waals surface area contributed by atoms with Gasteiger partial charge in [-0.3, -0.25) is 0 Å². The van der Waals surface area contributed by atoms with E-state index in [0.717, 1.165) is 0 Å². The number of morpholine rings is 1. The number of nitrogens with zero attached hydrogens (tertiary/aromatic N) is 2. The lowest BCUT2D eigenvalue weighted by Crippen LogP contribution is -2.47. The first-order valence-electron chi connectivity index (χ1n) is 5.88. The van der Waals surface area contributed by atoms with E-state index in [4.69, 9.17) is 4.74 Å². The van der Waals surface area contributed by atoms with Gasteiger partial charge in [-0.2, -0.15) is 8.42 Å². The Morgan fingerprint density at radius 3 is 2.94 bits per heavy atom. The van der Waals surface area contributed by atoms with E-state index in [-0.39, 0.29) is 6.04 Å². The summed E-state index contributed by atoms with van der Waals surface area (Å²) in [5.74, 6) is 0.557. The molecule has 5 nitrogen and oxygen atoms in total. The van der Waals surface area contributed by atoms with Crippen LogP contribution in [0.4, 0.5) is 0 Å². The normalized spacial score (nSPS) is 25.7. The maximum absolute atomic E-state index is 12.0. The lowest BCUT2D eigenvalue weighted by molar-refractivity contribution is 0.0336. The van der Waals surface area contributed by atoms with E-state index in [1.165, 1.54) is 0 Å². The SMILES string of the molecule is C[C@@H]1COCCN1C1=NS(=O)(=O)c2ccccc21. The first-order chi connectivity index (χ1) is 8.59. The molecule has 6 heteroatoms. The van der Waals surface area contributed by atoms with Crippen molar-refractivity contribution in [1.29, 1.82) is 0 Å². The number of benzene rings is 1. The fraction of sp³-hybridized carbons (Fsp3) is 0.417. The molecule has 0 aliphatic carbocycles. The van der Waals surface area contributed by atoms with Gasteiger partial charge < -0.3 is 9.64 Å². The molecular weight excluding hydrogens is 252 g/mol. The summed E-state index contributed by atoms with van der Waals surface area (Å²) in [6.45, 7) is 3.88. The van der Waals surface area contributed by atoms with Crippen LogP contribution in [0.3, 0.4) is 0 Å². The first-order valence-corrected chi connectivity index (χ1v) is 7.32. The van der Waals surface area contributed by atoms with E-state index in [9.17, 15) is 8.42 Å². The van der Waals surface area contributed by atoms with Gasteiger partial charge in [0, 0.05) is 12.1 Å². The van der Waals surface area contributed by atoms with Crippen molar-refractivity contribution in [1.82, 2.24) is 4.90 Å².